The average Bonchev–Trinajstić information content (AvgIpc) is 2.54. The summed E-state index contributed by atoms with van der Waals surface area (Å²) >= 11 is 0. The second-order valence-electron chi connectivity index (χ2n) is 6.26. The molecule has 21 heavy (non-hydrogen) atoms. The summed E-state index contributed by atoms with van der Waals surface area (Å²) in [5.41, 5.74) is 5.34. The van der Waals surface area contributed by atoms with E-state index in [1.54, 1.807) is 7.11 Å². The van der Waals surface area contributed by atoms with Crippen molar-refractivity contribution in [2.45, 2.75) is 44.6 Å². The van der Waals surface area contributed by atoms with Crippen molar-refractivity contribution in [3.63, 3.8) is 0 Å². The molecule has 0 radical (unpaired) electrons. The standard InChI is InChI=1S/C18H21NO2/c1-21-13-5-6-14-12(11-13)9-10-19-16-3-2-4-18(20)15(16)7-8-17(14)19/h5-6,11,17H,2-4,7-10H2,1H3. The Hall–Kier alpha value is -1.77. The van der Waals surface area contributed by atoms with E-state index >= 15 is 0 Å². The third-order valence-electron chi connectivity index (χ3n) is 5.22. The van der Waals surface area contributed by atoms with Crippen LogP contribution in [0.25, 0.3) is 0 Å². The van der Waals surface area contributed by atoms with Crippen molar-refractivity contribution < 1.29 is 9.53 Å². The molecule has 1 aromatic carbocycles. The molecule has 2 aliphatic heterocycles. The van der Waals surface area contributed by atoms with Gasteiger partial charge in [-0.05, 0) is 55.4 Å². The monoisotopic (exact) mass is 283 g/mol. The van der Waals surface area contributed by atoms with E-state index in [1.807, 2.05) is 0 Å². The van der Waals surface area contributed by atoms with Crippen LogP contribution in [0.2, 0.25) is 0 Å². The van der Waals surface area contributed by atoms with Gasteiger partial charge >= 0.3 is 0 Å². The van der Waals surface area contributed by atoms with Crippen LogP contribution >= 0.6 is 0 Å². The molecule has 1 aromatic rings. The van der Waals surface area contributed by atoms with Crippen molar-refractivity contribution in [3.8, 4) is 5.75 Å². The van der Waals surface area contributed by atoms with Crippen LogP contribution in [0.4, 0.5) is 0 Å². The summed E-state index contributed by atoms with van der Waals surface area (Å²) in [5.74, 6) is 1.35. The van der Waals surface area contributed by atoms with E-state index in [9.17, 15) is 4.79 Å². The maximum atomic E-state index is 12.1. The number of fused-ring (bicyclic) bond motifs is 4. The lowest BCUT2D eigenvalue weighted by atomic mass is 9.80. The Morgan fingerprint density at radius 3 is 2.95 bits per heavy atom. The molecule has 110 valence electrons. The lowest BCUT2D eigenvalue weighted by Gasteiger charge is -2.45. The van der Waals surface area contributed by atoms with Gasteiger partial charge in [0.2, 0.25) is 0 Å². The molecule has 0 bridgehead atoms. The quantitative estimate of drug-likeness (QED) is 0.791. The number of methoxy groups -OCH3 is 1. The molecule has 0 aromatic heterocycles. The van der Waals surface area contributed by atoms with Gasteiger partial charge in [0.05, 0.1) is 13.2 Å². The summed E-state index contributed by atoms with van der Waals surface area (Å²) in [6.45, 7) is 1.04. The first-order valence-electron chi connectivity index (χ1n) is 7.96. The summed E-state index contributed by atoms with van der Waals surface area (Å²) in [5, 5.41) is 0. The SMILES string of the molecule is COc1ccc2c(c1)CCN1C3=C(CCC21)C(=O)CCC3. The van der Waals surface area contributed by atoms with Crippen LogP contribution < -0.4 is 4.74 Å². The third-order valence-corrected chi connectivity index (χ3v) is 5.22. The predicted octanol–water partition coefficient (Wildman–Crippen LogP) is 3.40. The van der Waals surface area contributed by atoms with Gasteiger partial charge in [-0.2, -0.15) is 0 Å². The van der Waals surface area contributed by atoms with Crippen LogP contribution in [-0.2, 0) is 11.2 Å². The van der Waals surface area contributed by atoms with Crippen LogP contribution in [0.15, 0.2) is 29.5 Å². The Kier molecular flexibility index (Phi) is 3.02. The van der Waals surface area contributed by atoms with Gasteiger partial charge in [-0.25, -0.2) is 0 Å². The van der Waals surface area contributed by atoms with Crippen LogP contribution in [0.3, 0.4) is 0 Å². The molecule has 0 saturated heterocycles. The molecule has 0 fully saturated rings. The molecule has 3 heteroatoms. The molecule has 3 nitrogen and oxygen atoms in total. The molecule has 1 atom stereocenters. The van der Waals surface area contributed by atoms with E-state index in [-0.39, 0.29) is 0 Å². The van der Waals surface area contributed by atoms with E-state index < -0.39 is 0 Å². The van der Waals surface area contributed by atoms with Crippen molar-refractivity contribution in [2.75, 3.05) is 13.7 Å². The van der Waals surface area contributed by atoms with E-state index in [2.05, 4.69) is 23.1 Å². The molecule has 1 aliphatic carbocycles. The number of ketones is 1. The average molecular weight is 283 g/mol. The van der Waals surface area contributed by atoms with Crippen molar-refractivity contribution >= 4 is 5.78 Å². The highest BCUT2D eigenvalue weighted by Gasteiger charge is 2.36. The minimum Gasteiger partial charge on any atom is -0.497 e. The number of hydrogen-bond acceptors (Lipinski definition) is 3. The summed E-state index contributed by atoms with van der Waals surface area (Å²) in [6, 6.07) is 6.94. The third kappa shape index (κ3) is 1.98. The highest BCUT2D eigenvalue weighted by Crippen LogP contribution is 2.44. The number of nitrogens with zero attached hydrogens (tertiary/aromatic N) is 1. The van der Waals surface area contributed by atoms with Crippen LogP contribution in [0, 0.1) is 0 Å². The normalized spacial score (nSPS) is 24.3. The number of hydrogen-bond donors (Lipinski definition) is 0. The maximum absolute atomic E-state index is 12.1. The van der Waals surface area contributed by atoms with Crippen LogP contribution in [-0.4, -0.2) is 24.3 Å². The van der Waals surface area contributed by atoms with E-state index in [4.69, 9.17) is 4.74 Å². The highest BCUT2D eigenvalue weighted by molar-refractivity contribution is 5.97. The van der Waals surface area contributed by atoms with E-state index in [0.29, 0.717) is 11.8 Å². The number of carbonyl (C=O) groups excluding carboxylic acids is 1. The van der Waals surface area contributed by atoms with Gasteiger partial charge < -0.3 is 9.64 Å². The fourth-order valence-electron chi connectivity index (χ4n) is 4.21. The van der Waals surface area contributed by atoms with Gasteiger partial charge in [0.1, 0.15) is 5.75 Å². The zero-order valence-electron chi connectivity index (χ0n) is 12.5. The van der Waals surface area contributed by atoms with Gasteiger partial charge in [-0.15, -0.1) is 0 Å². The van der Waals surface area contributed by atoms with E-state index in [0.717, 1.165) is 56.4 Å². The molecule has 0 saturated carbocycles. The Morgan fingerprint density at radius 2 is 2.10 bits per heavy atom. The molecular formula is C18H21NO2. The fraction of sp³-hybridized carbons (Fsp3) is 0.500. The van der Waals surface area contributed by atoms with Gasteiger partial charge in [0.15, 0.2) is 5.78 Å². The molecule has 0 N–H and O–H groups in total. The number of Topliss-reactive ketones (excluding diaryl/α,β-unsaturated/α-hetero) is 1. The lowest BCUT2D eigenvalue weighted by molar-refractivity contribution is -0.116. The smallest absolute Gasteiger partial charge is 0.160 e. The molecule has 3 aliphatic rings. The number of ether oxygens (including phenoxy) is 1. The minimum absolute atomic E-state index is 0.398. The van der Waals surface area contributed by atoms with Gasteiger partial charge in [0, 0.05) is 24.2 Å². The van der Waals surface area contributed by atoms with Crippen molar-refractivity contribution in [1.29, 1.82) is 0 Å². The fourth-order valence-corrected chi connectivity index (χ4v) is 4.21. The van der Waals surface area contributed by atoms with Gasteiger partial charge in [-0.3, -0.25) is 4.79 Å². The molecule has 0 spiro atoms. The lowest BCUT2D eigenvalue weighted by Crippen LogP contribution is -2.40. The number of benzene rings is 1. The second kappa shape index (κ2) is 4.90. The zero-order chi connectivity index (χ0) is 14.4. The number of allylic oxidation sites excluding steroid dienone is 2. The Labute approximate surface area is 125 Å². The van der Waals surface area contributed by atoms with Crippen molar-refractivity contribution in [3.05, 3.63) is 40.6 Å². The van der Waals surface area contributed by atoms with Crippen LogP contribution in [0.5, 0.6) is 5.75 Å². The highest BCUT2D eigenvalue weighted by atomic mass is 16.5. The molecule has 0 amide bonds. The van der Waals surface area contributed by atoms with Crippen molar-refractivity contribution in [2.24, 2.45) is 0 Å². The Morgan fingerprint density at radius 1 is 1.19 bits per heavy atom. The summed E-state index contributed by atoms with van der Waals surface area (Å²) in [4.78, 5) is 14.6. The molecule has 2 heterocycles. The van der Waals surface area contributed by atoms with Gasteiger partial charge in [0.25, 0.3) is 0 Å². The van der Waals surface area contributed by atoms with Crippen LogP contribution in [0.1, 0.15) is 49.3 Å². The Bertz CT molecular complexity index is 632. The molecule has 1 unspecified atom stereocenters. The molecular weight excluding hydrogens is 262 g/mol. The molecule has 4 rings (SSSR count). The topological polar surface area (TPSA) is 29.5 Å². The van der Waals surface area contributed by atoms with Gasteiger partial charge in [-0.1, -0.05) is 6.07 Å². The summed E-state index contributed by atoms with van der Waals surface area (Å²) in [7, 11) is 1.72. The predicted molar refractivity (Wildman–Crippen MR) is 81.3 cm³/mol. The number of carbonyl (C=O) groups is 1. The first kappa shape index (κ1) is 12.9. The first-order chi connectivity index (χ1) is 10.3. The largest absolute Gasteiger partial charge is 0.497 e. The maximum Gasteiger partial charge on any atom is 0.160 e. The zero-order valence-corrected chi connectivity index (χ0v) is 12.5. The summed E-state index contributed by atoms with van der Waals surface area (Å²) in [6.07, 6.45) is 5.95. The summed E-state index contributed by atoms with van der Waals surface area (Å²) < 4.78 is 5.35. The Balaban J connectivity index is 1.73. The minimum atomic E-state index is 0.398. The first-order valence-corrected chi connectivity index (χ1v) is 7.96. The second-order valence-corrected chi connectivity index (χ2v) is 6.26. The number of rotatable bonds is 1. The van der Waals surface area contributed by atoms with E-state index in [1.165, 1.54) is 16.8 Å². The van der Waals surface area contributed by atoms with Crippen molar-refractivity contribution in [1.82, 2.24) is 4.90 Å².